The van der Waals surface area contributed by atoms with E-state index in [4.69, 9.17) is 0 Å². The van der Waals surface area contributed by atoms with E-state index in [1.165, 1.54) is 6.07 Å². The molecule has 0 aromatic heterocycles. The summed E-state index contributed by atoms with van der Waals surface area (Å²) in [6.45, 7) is 0. The van der Waals surface area contributed by atoms with Gasteiger partial charge in [-0.1, -0.05) is 36.4 Å². The Balaban J connectivity index is 1.98. The van der Waals surface area contributed by atoms with Gasteiger partial charge in [-0.2, -0.15) is 0 Å². The van der Waals surface area contributed by atoms with Gasteiger partial charge in [0, 0.05) is 12.7 Å². The lowest BCUT2D eigenvalue weighted by Gasteiger charge is -2.11. The maximum atomic E-state index is 13.7. The van der Waals surface area contributed by atoms with Crippen molar-refractivity contribution in [3.05, 3.63) is 65.5 Å². The number of anilines is 1. The van der Waals surface area contributed by atoms with Gasteiger partial charge in [0.05, 0.1) is 5.92 Å². The highest BCUT2D eigenvalue weighted by Crippen LogP contribution is 2.38. The Hall–Kier alpha value is -2.16. The van der Waals surface area contributed by atoms with Crippen LogP contribution in [0.5, 0.6) is 0 Å². The molecule has 1 aliphatic heterocycles. The summed E-state index contributed by atoms with van der Waals surface area (Å²) in [5.74, 6) is -0.495. The Morgan fingerprint density at radius 2 is 1.79 bits per heavy atom. The molecule has 96 valence electrons. The van der Waals surface area contributed by atoms with E-state index in [0.717, 1.165) is 11.3 Å². The van der Waals surface area contributed by atoms with E-state index in [1.54, 1.807) is 30.1 Å². The Bertz CT molecular complexity index is 638. The highest BCUT2D eigenvalue weighted by molar-refractivity contribution is 6.04. The van der Waals surface area contributed by atoms with Crippen LogP contribution in [0, 0.1) is 5.82 Å². The number of nitrogens with zero attached hydrogens (tertiary/aromatic N) is 1. The Morgan fingerprint density at radius 1 is 1.11 bits per heavy atom. The quantitative estimate of drug-likeness (QED) is 0.807. The Morgan fingerprint density at radius 3 is 2.58 bits per heavy atom. The van der Waals surface area contributed by atoms with Crippen LogP contribution in [-0.2, 0) is 11.2 Å². The van der Waals surface area contributed by atoms with E-state index in [1.807, 2.05) is 24.3 Å². The molecule has 1 amide bonds. The smallest absolute Gasteiger partial charge is 0.234 e. The van der Waals surface area contributed by atoms with Gasteiger partial charge in [-0.05, 0) is 29.7 Å². The average Bonchev–Trinajstić information content (AvgIpc) is 2.67. The van der Waals surface area contributed by atoms with Crippen molar-refractivity contribution < 1.29 is 9.18 Å². The molecule has 3 heteroatoms. The van der Waals surface area contributed by atoms with Crippen molar-refractivity contribution in [1.82, 2.24) is 0 Å². The molecule has 1 unspecified atom stereocenters. The number of hydrogen-bond donors (Lipinski definition) is 0. The van der Waals surface area contributed by atoms with Gasteiger partial charge in [-0.15, -0.1) is 0 Å². The van der Waals surface area contributed by atoms with Gasteiger partial charge in [-0.25, -0.2) is 4.39 Å². The summed E-state index contributed by atoms with van der Waals surface area (Å²) < 4.78 is 13.7. The number of hydrogen-bond acceptors (Lipinski definition) is 1. The van der Waals surface area contributed by atoms with Crippen LogP contribution in [0.2, 0.25) is 0 Å². The number of carbonyl (C=O) groups excluding carboxylic acids is 1. The van der Waals surface area contributed by atoms with Crippen LogP contribution in [-0.4, -0.2) is 13.0 Å². The summed E-state index contributed by atoms with van der Waals surface area (Å²) in [7, 11) is 1.77. The Labute approximate surface area is 111 Å². The van der Waals surface area contributed by atoms with Gasteiger partial charge in [0.2, 0.25) is 5.91 Å². The van der Waals surface area contributed by atoms with Gasteiger partial charge in [0.15, 0.2) is 0 Å². The summed E-state index contributed by atoms with van der Waals surface area (Å²) in [5, 5.41) is 0. The molecule has 0 saturated heterocycles. The largest absolute Gasteiger partial charge is 0.315 e. The van der Waals surface area contributed by atoms with E-state index < -0.39 is 0 Å². The topological polar surface area (TPSA) is 20.3 Å². The van der Waals surface area contributed by atoms with Gasteiger partial charge >= 0.3 is 0 Å². The van der Waals surface area contributed by atoms with Crippen LogP contribution in [0.4, 0.5) is 10.1 Å². The molecule has 0 fully saturated rings. The van der Waals surface area contributed by atoms with Crippen molar-refractivity contribution in [3.8, 4) is 0 Å². The SMILES string of the molecule is CN1C(=O)C(Cc2ccccc2F)c2ccccc21. The number of likely N-dealkylation sites (N-methyl/N-ethyl adjacent to an activating group) is 1. The number of benzene rings is 2. The fourth-order valence-corrected chi connectivity index (χ4v) is 2.65. The van der Waals surface area contributed by atoms with Crippen molar-refractivity contribution >= 4 is 11.6 Å². The molecular formula is C16H14FNO. The molecule has 1 atom stereocenters. The van der Waals surface area contributed by atoms with E-state index >= 15 is 0 Å². The lowest BCUT2D eigenvalue weighted by Crippen LogP contribution is -2.25. The summed E-state index contributed by atoms with van der Waals surface area (Å²) in [6, 6.07) is 14.3. The summed E-state index contributed by atoms with van der Waals surface area (Å²) >= 11 is 0. The minimum Gasteiger partial charge on any atom is -0.315 e. The van der Waals surface area contributed by atoms with Crippen molar-refractivity contribution in [2.75, 3.05) is 11.9 Å². The van der Waals surface area contributed by atoms with Crippen LogP contribution in [0.3, 0.4) is 0 Å². The third kappa shape index (κ3) is 1.91. The molecule has 0 bridgehead atoms. The van der Waals surface area contributed by atoms with E-state index in [0.29, 0.717) is 12.0 Å². The third-order valence-electron chi connectivity index (χ3n) is 3.68. The second-order valence-electron chi connectivity index (χ2n) is 4.80. The molecule has 3 rings (SSSR count). The van der Waals surface area contributed by atoms with Crippen LogP contribution < -0.4 is 4.90 Å². The lowest BCUT2D eigenvalue weighted by atomic mass is 9.93. The minimum absolute atomic E-state index is 0.0319. The molecule has 0 aliphatic carbocycles. The molecule has 2 aromatic carbocycles. The predicted octanol–water partition coefficient (Wildman–Crippen LogP) is 3.13. The maximum absolute atomic E-state index is 13.7. The minimum atomic E-state index is -0.280. The van der Waals surface area contributed by atoms with E-state index in [2.05, 4.69) is 0 Å². The predicted molar refractivity (Wildman–Crippen MR) is 72.7 cm³/mol. The first-order chi connectivity index (χ1) is 9.18. The monoisotopic (exact) mass is 255 g/mol. The van der Waals surface area contributed by atoms with Crippen LogP contribution >= 0.6 is 0 Å². The van der Waals surface area contributed by atoms with Crippen LogP contribution in [0.1, 0.15) is 17.0 Å². The summed E-state index contributed by atoms with van der Waals surface area (Å²) in [5.41, 5.74) is 2.50. The van der Waals surface area contributed by atoms with Gasteiger partial charge in [0.25, 0.3) is 0 Å². The lowest BCUT2D eigenvalue weighted by molar-refractivity contribution is -0.119. The Kier molecular flexibility index (Phi) is 2.82. The number of carbonyl (C=O) groups is 1. The molecular weight excluding hydrogens is 241 g/mol. The molecule has 0 radical (unpaired) electrons. The van der Waals surface area contributed by atoms with Crippen molar-refractivity contribution in [2.45, 2.75) is 12.3 Å². The first-order valence-corrected chi connectivity index (χ1v) is 6.28. The van der Waals surface area contributed by atoms with Gasteiger partial charge in [0.1, 0.15) is 5.82 Å². The van der Waals surface area contributed by atoms with Gasteiger partial charge in [-0.3, -0.25) is 4.79 Å². The summed E-state index contributed by atoms with van der Waals surface area (Å²) in [4.78, 5) is 13.9. The maximum Gasteiger partial charge on any atom is 0.234 e. The normalized spacial score (nSPS) is 17.7. The van der Waals surface area contributed by atoms with Crippen molar-refractivity contribution in [2.24, 2.45) is 0 Å². The molecule has 2 aromatic rings. The molecule has 19 heavy (non-hydrogen) atoms. The summed E-state index contributed by atoms with van der Waals surface area (Å²) in [6.07, 6.45) is 0.410. The van der Waals surface area contributed by atoms with Crippen LogP contribution in [0.15, 0.2) is 48.5 Å². The zero-order chi connectivity index (χ0) is 13.4. The second-order valence-corrected chi connectivity index (χ2v) is 4.80. The molecule has 1 aliphatic rings. The van der Waals surface area contributed by atoms with Crippen molar-refractivity contribution in [1.29, 1.82) is 0 Å². The zero-order valence-corrected chi connectivity index (χ0v) is 10.6. The fourth-order valence-electron chi connectivity index (χ4n) is 2.65. The molecule has 0 N–H and O–H groups in total. The molecule has 2 nitrogen and oxygen atoms in total. The first kappa shape index (κ1) is 11.9. The molecule has 0 spiro atoms. The second kappa shape index (κ2) is 4.50. The van der Waals surface area contributed by atoms with Crippen LogP contribution in [0.25, 0.3) is 0 Å². The van der Waals surface area contributed by atoms with E-state index in [-0.39, 0.29) is 17.6 Å². The highest BCUT2D eigenvalue weighted by Gasteiger charge is 2.34. The number of fused-ring (bicyclic) bond motifs is 1. The fraction of sp³-hybridized carbons (Fsp3) is 0.188. The highest BCUT2D eigenvalue weighted by atomic mass is 19.1. The number of halogens is 1. The first-order valence-electron chi connectivity index (χ1n) is 6.28. The van der Waals surface area contributed by atoms with E-state index in [9.17, 15) is 9.18 Å². The molecule has 0 saturated carbocycles. The average molecular weight is 255 g/mol. The zero-order valence-electron chi connectivity index (χ0n) is 10.6. The van der Waals surface area contributed by atoms with Crippen molar-refractivity contribution in [3.63, 3.8) is 0 Å². The molecule has 1 heterocycles. The number of para-hydroxylation sites is 1. The standard InChI is InChI=1S/C16H14FNO/c1-18-15-9-5-3-7-12(15)13(16(18)19)10-11-6-2-4-8-14(11)17/h2-9,13H,10H2,1H3. The number of amides is 1. The van der Waals surface area contributed by atoms with Gasteiger partial charge < -0.3 is 4.90 Å². The third-order valence-corrected chi connectivity index (χ3v) is 3.68. The number of rotatable bonds is 2.